The normalized spacial score (nSPS) is 17.6. The molecule has 6 nitrogen and oxygen atoms in total. The molecule has 0 aromatic carbocycles. The summed E-state index contributed by atoms with van der Waals surface area (Å²) in [7, 11) is 0. The number of thiazole rings is 1. The molecule has 104 valence electrons. The summed E-state index contributed by atoms with van der Waals surface area (Å²) in [5.41, 5.74) is 0.648. The second kappa shape index (κ2) is 6.01. The Bertz CT molecular complexity index is 486. The first-order valence-corrected chi connectivity index (χ1v) is 7.05. The van der Waals surface area contributed by atoms with Crippen LogP contribution < -0.4 is 5.32 Å². The maximum Gasteiger partial charge on any atom is 0.325 e. The molecule has 0 amide bonds. The van der Waals surface area contributed by atoms with Gasteiger partial charge in [-0.3, -0.25) is 9.59 Å². The van der Waals surface area contributed by atoms with Crippen molar-refractivity contribution in [3.05, 3.63) is 10.6 Å². The monoisotopic (exact) mass is 284 g/mol. The average molecular weight is 284 g/mol. The van der Waals surface area contributed by atoms with Crippen LogP contribution in [0.4, 0.5) is 5.13 Å². The molecule has 1 atom stereocenters. The SMILES string of the molecule is CCOC(=O)CNc1nc2c(s1)CCCC2C(=O)O. The summed E-state index contributed by atoms with van der Waals surface area (Å²) in [5, 5.41) is 12.6. The van der Waals surface area contributed by atoms with E-state index < -0.39 is 11.9 Å². The predicted molar refractivity (Wildman–Crippen MR) is 70.6 cm³/mol. The lowest BCUT2D eigenvalue weighted by Gasteiger charge is -2.16. The van der Waals surface area contributed by atoms with Gasteiger partial charge in [0.05, 0.1) is 12.3 Å². The number of anilines is 1. The van der Waals surface area contributed by atoms with E-state index in [1.165, 1.54) is 11.3 Å². The van der Waals surface area contributed by atoms with Gasteiger partial charge in [-0.25, -0.2) is 4.98 Å². The van der Waals surface area contributed by atoms with Gasteiger partial charge in [0.15, 0.2) is 5.13 Å². The second-order valence-electron chi connectivity index (χ2n) is 4.27. The zero-order valence-electron chi connectivity index (χ0n) is 10.6. The number of carbonyl (C=O) groups is 2. The zero-order valence-corrected chi connectivity index (χ0v) is 11.5. The van der Waals surface area contributed by atoms with E-state index in [2.05, 4.69) is 10.3 Å². The van der Waals surface area contributed by atoms with Gasteiger partial charge < -0.3 is 15.2 Å². The summed E-state index contributed by atoms with van der Waals surface area (Å²) in [6, 6.07) is 0. The quantitative estimate of drug-likeness (QED) is 0.799. The Morgan fingerprint density at radius 3 is 3.05 bits per heavy atom. The molecule has 0 fully saturated rings. The second-order valence-corrected chi connectivity index (χ2v) is 5.35. The molecule has 19 heavy (non-hydrogen) atoms. The molecule has 0 bridgehead atoms. The fourth-order valence-electron chi connectivity index (χ4n) is 2.09. The number of nitrogens with one attached hydrogen (secondary N) is 1. The van der Waals surface area contributed by atoms with Gasteiger partial charge in [-0.15, -0.1) is 11.3 Å². The van der Waals surface area contributed by atoms with Gasteiger partial charge in [-0.05, 0) is 26.2 Å². The van der Waals surface area contributed by atoms with Crippen LogP contribution in [0.25, 0.3) is 0 Å². The van der Waals surface area contributed by atoms with Gasteiger partial charge in [0.1, 0.15) is 12.5 Å². The Hall–Kier alpha value is -1.63. The fraction of sp³-hybridized carbons (Fsp3) is 0.583. The number of fused-ring (bicyclic) bond motifs is 1. The van der Waals surface area contributed by atoms with Crippen LogP contribution in [0.2, 0.25) is 0 Å². The van der Waals surface area contributed by atoms with Crippen molar-refractivity contribution < 1.29 is 19.4 Å². The average Bonchev–Trinajstić information content (AvgIpc) is 2.79. The van der Waals surface area contributed by atoms with Gasteiger partial charge >= 0.3 is 11.9 Å². The summed E-state index contributed by atoms with van der Waals surface area (Å²) in [6.07, 6.45) is 2.35. The van der Waals surface area contributed by atoms with E-state index in [0.717, 1.165) is 17.7 Å². The van der Waals surface area contributed by atoms with Crippen molar-refractivity contribution in [1.29, 1.82) is 0 Å². The summed E-state index contributed by atoms with van der Waals surface area (Å²) in [4.78, 5) is 27.7. The highest BCUT2D eigenvalue weighted by Crippen LogP contribution is 2.36. The van der Waals surface area contributed by atoms with Crippen molar-refractivity contribution in [3.8, 4) is 0 Å². The van der Waals surface area contributed by atoms with Crippen LogP contribution in [0.1, 0.15) is 36.3 Å². The summed E-state index contributed by atoms with van der Waals surface area (Å²) >= 11 is 1.42. The summed E-state index contributed by atoms with van der Waals surface area (Å²) < 4.78 is 4.81. The van der Waals surface area contributed by atoms with Crippen molar-refractivity contribution in [1.82, 2.24) is 4.98 Å². The van der Waals surface area contributed by atoms with Crippen molar-refractivity contribution in [2.45, 2.75) is 32.1 Å². The molecule has 1 aliphatic rings. The van der Waals surface area contributed by atoms with Crippen LogP contribution in [0.15, 0.2) is 0 Å². The molecule has 0 aliphatic heterocycles. The van der Waals surface area contributed by atoms with Gasteiger partial charge in [-0.2, -0.15) is 0 Å². The molecule has 0 saturated carbocycles. The minimum Gasteiger partial charge on any atom is -0.481 e. The van der Waals surface area contributed by atoms with Gasteiger partial charge in [0.2, 0.25) is 0 Å². The highest BCUT2D eigenvalue weighted by Gasteiger charge is 2.29. The van der Waals surface area contributed by atoms with E-state index in [1.807, 2.05) is 0 Å². The highest BCUT2D eigenvalue weighted by atomic mass is 32.1. The smallest absolute Gasteiger partial charge is 0.325 e. The van der Waals surface area contributed by atoms with Crippen molar-refractivity contribution in [3.63, 3.8) is 0 Å². The molecule has 1 unspecified atom stereocenters. The number of hydrogen-bond donors (Lipinski definition) is 2. The third-order valence-corrected chi connectivity index (χ3v) is 4.03. The lowest BCUT2D eigenvalue weighted by atomic mass is 9.91. The number of hydrogen-bond acceptors (Lipinski definition) is 6. The molecule has 1 aliphatic carbocycles. The number of aryl methyl sites for hydroxylation is 1. The summed E-state index contributed by atoms with van der Waals surface area (Å²) in [6.45, 7) is 2.14. The van der Waals surface area contributed by atoms with Gasteiger partial charge in [0.25, 0.3) is 0 Å². The number of carboxylic acids is 1. The Balaban J connectivity index is 2.05. The van der Waals surface area contributed by atoms with Crippen LogP contribution in [-0.2, 0) is 20.7 Å². The first-order chi connectivity index (χ1) is 9.11. The molecule has 1 aromatic heterocycles. The lowest BCUT2D eigenvalue weighted by molar-refractivity contribution is -0.141. The van der Waals surface area contributed by atoms with E-state index in [1.54, 1.807) is 6.92 Å². The minimum atomic E-state index is -0.830. The number of aromatic nitrogens is 1. The third kappa shape index (κ3) is 3.23. The number of aliphatic carboxylic acids is 1. The topological polar surface area (TPSA) is 88.5 Å². The third-order valence-electron chi connectivity index (χ3n) is 2.94. The first kappa shape index (κ1) is 13.8. The van der Waals surface area contributed by atoms with E-state index in [0.29, 0.717) is 23.9 Å². The molecule has 0 spiro atoms. The number of carbonyl (C=O) groups excluding carboxylic acids is 1. The Kier molecular flexibility index (Phi) is 4.36. The van der Waals surface area contributed by atoms with Crippen molar-refractivity contribution >= 4 is 28.4 Å². The summed E-state index contributed by atoms with van der Waals surface area (Å²) in [5.74, 6) is -1.69. The van der Waals surface area contributed by atoms with Crippen molar-refractivity contribution in [2.24, 2.45) is 0 Å². The standard InChI is InChI=1S/C12H16N2O4S/c1-2-18-9(15)6-13-12-14-10-7(11(16)17)4-3-5-8(10)19-12/h7H,2-6H2,1H3,(H,13,14)(H,16,17). The number of nitrogens with zero attached hydrogens (tertiary/aromatic N) is 1. The van der Waals surface area contributed by atoms with E-state index >= 15 is 0 Å². The zero-order chi connectivity index (χ0) is 13.8. The predicted octanol–water partition coefficient (Wildman–Crippen LogP) is 1.62. The molecule has 7 heteroatoms. The minimum absolute atomic E-state index is 0.0535. The largest absolute Gasteiger partial charge is 0.481 e. The molecular weight excluding hydrogens is 268 g/mol. The molecule has 0 saturated heterocycles. The Morgan fingerprint density at radius 1 is 1.58 bits per heavy atom. The van der Waals surface area contributed by atoms with Crippen LogP contribution >= 0.6 is 11.3 Å². The molecule has 0 radical (unpaired) electrons. The van der Waals surface area contributed by atoms with E-state index in [4.69, 9.17) is 9.84 Å². The lowest BCUT2D eigenvalue weighted by Crippen LogP contribution is -2.18. The fourth-order valence-corrected chi connectivity index (χ4v) is 3.15. The Morgan fingerprint density at radius 2 is 2.37 bits per heavy atom. The molecular formula is C12H16N2O4S. The van der Waals surface area contributed by atoms with Gasteiger partial charge in [-0.1, -0.05) is 0 Å². The Labute approximate surface area is 114 Å². The molecule has 1 heterocycles. The number of ether oxygens (including phenoxy) is 1. The van der Waals surface area contributed by atoms with Crippen molar-refractivity contribution in [2.75, 3.05) is 18.5 Å². The maximum absolute atomic E-state index is 11.2. The van der Waals surface area contributed by atoms with Crippen LogP contribution in [0.3, 0.4) is 0 Å². The van der Waals surface area contributed by atoms with Gasteiger partial charge in [0, 0.05) is 4.88 Å². The van der Waals surface area contributed by atoms with Crippen LogP contribution in [0, 0.1) is 0 Å². The number of rotatable bonds is 5. The van der Waals surface area contributed by atoms with Crippen LogP contribution in [-0.4, -0.2) is 35.2 Å². The number of esters is 1. The van der Waals surface area contributed by atoms with Crippen LogP contribution in [0.5, 0.6) is 0 Å². The van der Waals surface area contributed by atoms with E-state index in [9.17, 15) is 9.59 Å². The molecule has 2 rings (SSSR count). The highest BCUT2D eigenvalue weighted by molar-refractivity contribution is 7.15. The maximum atomic E-state index is 11.2. The molecule has 1 aromatic rings. The van der Waals surface area contributed by atoms with E-state index in [-0.39, 0.29) is 12.5 Å². The first-order valence-electron chi connectivity index (χ1n) is 6.23. The molecule has 2 N–H and O–H groups in total. The number of carboxylic acid groups (broad SMARTS) is 1.